The minimum absolute atomic E-state index is 0.0460. The number of para-hydroxylation sites is 1. The average Bonchev–Trinajstić information content (AvgIpc) is 3.13. The van der Waals surface area contributed by atoms with Crippen molar-refractivity contribution in [2.24, 2.45) is 0 Å². The molecule has 6 heteroatoms. The van der Waals surface area contributed by atoms with Gasteiger partial charge in [-0.15, -0.1) is 0 Å². The molecule has 0 aliphatic rings. The van der Waals surface area contributed by atoms with Crippen molar-refractivity contribution in [1.82, 2.24) is 0 Å². The van der Waals surface area contributed by atoms with Crippen LogP contribution in [0, 0.1) is 5.82 Å². The second-order valence-electron chi connectivity index (χ2n) is 6.70. The topological polar surface area (TPSA) is 68.5 Å². The van der Waals surface area contributed by atoms with Gasteiger partial charge in [-0.05, 0) is 43.3 Å². The lowest BCUT2D eigenvalue weighted by molar-refractivity contribution is -0.122. The van der Waals surface area contributed by atoms with Crippen LogP contribution in [0.2, 0.25) is 0 Å². The zero-order valence-corrected chi connectivity index (χ0v) is 16.1. The molecule has 0 aliphatic heterocycles. The molecule has 1 N–H and O–H groups in total. The third-order valence-electron chi connectivity index (χ3n) is 4.58. The van der Waals surface area contributed by atoms with Crippen molar-refractivity contribution >= 4 is 28.3 Å². The van der Waals surface area contributed by atoms with E-state index < -0.39 is 17.8 Å². The fourth-order valence-corrected chi connectivity index (χ4v) is 3.05. The number of hydrogen-bond donors (Lipinski definition) is 1. The number of carbonyl (C=O) groups excluding carboxylic acids is 2. The van der Waals surface area contributed by atoms with Gasteiger partial charge in [0.15, 0.2) is 11.9 Å². The van der Waals surface area contributed by atoms with E-state index in [4.69, 9.17) is 9.15 Å². The Labute approximate surface area is 172 Å². The molecule has 0 saturated carbocycles. The molecule has 150 valence electrons. The third-order valence-corrected chi connectivity index (χ3v) is 4.58. The van der Waals surface area contributed by atoms with Crippen LogP contribution in [-0.4, -0.2) is 17.8 Å². The summed E-state index contributed by atoms with van der Waals surface area (Å²) in [6.45, 7) is 1.57. The first-order valence-corrected chi connectivity index (χ1v) is 9.37. The van der Waals surface area contributed by atoms with E-state index >= 15 is 0 Å². The van der Waals surface area contributed by atoms with Gasteiger partial charge in [0.2, 0.25) is 5.78 Å². The third kappa shape index (κ3) is 3.93. The summed E-state index contributed by atoms with van der Waals surface area (Å²) in [6, 6.07) is 21.1. The number of furan rings is 1. The number of ketones is 1. The highest BCUT2D eigenvalue weighted by atomic mass is 19.1. The minimum Gasteiger partial charge on any atom is -0.481 e. The van der Waals surface area contributed by atoms with Crippen LogP contribution in [0.4, 0.5) is 10.1 Å². The molecular formula is C24H18FNO4. The van der Waals surface area contributed by atoms with Gasteiger partial charge in [0.05, 0.1) is 5.69 Å². The predicted octanol–water partition coefficient (Wildman–Crippen LogP) is 5.21. The number of nitrogens with one attached hydrogen (secondary N) is 1. The van der Waals surface area contributed by atoms with Crippen molar-refractivity contribution in [3.8, 4) is 5.75 Å². The van der Waals surface area contributed by atoms with Crippen LogP contribution in [0.25, 0.3) is 11.0 Å². The van der Waals surface area contributed by atoms with Gasteiger partial charge in [0.25, 0.3) is 5.91 Å². The van der Waals surface area contributed by atoms with Crippen LogP contribution < -0.4 is 10.1 Å². The standard InChI is InChI=1S/C24H18FNO4/c1-15(29-18-13-11-17(25)12-14-18)24(28)26-21-19-9-5-6-10-20(19)30-23(21)22(27)16-7-3-2-4-8-16/h2-15H,1H3,(H,26,28)/t15-/m1/s1. The molecule has 0 fully saturated rings. The lowest BCUT2D eigenvalue weighted by atomic mass is 10.1. The highest BCUT2D eigenvalue weighted by molar-refractivity contribution is 6.17. The molecule has 0 saturated heterocycles. The van der Waals surface area contributed by atoms with Crippen molar-refractivity contribution in [3.63, 3.8) is 0 Å². The molecule has 1 heterocycles. The van der Waals surface area contributed by atoms with Gasteiger partial charge in [-0.3, -0.25) is 9.59 Å². The molecule has 0 radical (unpaired) electrons. The summed E-state index contributed by atoms with van der Waals surface area (Å²) in [6.07, 6.45) is -0.885. The molecular weight excluding hydrogens is 385 g/mol. The monoisotopic (exact) mass is 403 g/mol. The molecule has 1 amide bonds. The molecule has 4 rings (SSSR count). The van der Waals surface area contributed by atoms with Gasteiger partial charge in [0.1, 0.15) is 17.1 Å². The fourth-order valence-electron chi connectivity index (χ4n) is 3.05. The molecule has 0 aliphatic carbocycles. The minimum atomic E-state index is -0.885. The lowest BCUT2D eigenvalue weighted by Gasteiger charge is -2.15. The summed E-state index contributed by atoms with van der Waals surface area (Å²) < 4.78 is 24.4. The van der Waals surface area contributed by atoms with Crippen molar-refractivity contribution in [2.75, 3.05) is 5.32 Å². The molecule has 1 atom stereocenters. The van der Waals surface area contributed by atoms with E-state index in [9.17, 15) is 14.0 Å². The smallest absolute Gasteiger partial charge is 0.265 e. The highest BCUT2D eigenvalue weighted by Crippen LogP contribution is 2.32. The Balaban J connectivity index is 1.63. The summed E-state index contributed by atoms with van der Waals surface area (Å²) in [7, 11) is 0. The number of halogens is 1. The van der Waals surface area contributed by atoms with E-state index in [1.54, 1.807) is 55.5 Å². The van der Waals surface area contributed by atoms with Crippen LogP contribution in [0.15, 0.2) is 83.3 Å². The van der Waals surface area contributed by atoms with E-state index in [0.29, 0.717) is 28.0 Å². The van der Waals surface area contributed by atoms with Gasteiger partial charge in [-0.2, -0.15) is 0 Å². The van der Waals surface area contributed by atoms with E-state index in [0.717, 1.165) is 0 Å². The number of fused-ring (bicyclic) bond motifs is 1. The van der Waals surface area contributed by atoms with Gasteiger partial charge < -0.3 is 14.5 Å². The quantitative estimate of drug-likeness (QED) is 0.449. The summed E-state index contributed by atoms with van der Waals surface area (Å²) in [5.74, 6) is -0.794. The zero-order valence-electron chi connectivity index (χ0n) is 16.1. The Hall–Kier alpha value is -3.93. The normalized spacial score (nSPS) is 11.8. The average molecular weight is 403 g/mol. The van der Waals surface area contributed by atoms with Crippen molar-refractivity contribution in [1.29, 1.82) is 0 Å². The SMILES string of the molecule is C[C@@H](Oc1ccc(F)cc1)C(=O)Nc1c(C(=O)c2ccccc2)oc2ccccc12. The number of rotatable bonds is 6. The first-order valence-electron chi connectivity index (χ1n) is 9.37. The molecule has 30 heavy (non-hydrogen) atoms. The number of carbonyl (C=O) groups is 2. The Kier molecular flexibility index (Phi) is 5.30. The second-order valence-corrected chi connectivity index (χ2v) is 6.70. The molecule has 4 aromatic rings. The predicted molar refractivity (Wildman–Crippen MR) is 111 cm³/mol. The molecule has 5 nitrogen and oxygen atoms in total. The summed E-state index contributed by atoms with van der Waals surface area (Å²) in [4.78, 5) is 25.8. The van der Waals surface area contributed by atoms with Gasteiger partial charge in [-0.25, -0.2) is 4.39 Å². The molecule has 3 aromatic carbocycles. The zero-order chi connectivity index (χ0) is 21.1. The van der Waals surface area contributed by atoms with E-state index in [2.05, 4.69) is 5.32 Å². The Morgan fingerprint density at radius 2 is 1.60 bits per heavy atom. The van der Waals surface area contributed by atoms with Crippen molar-refractivity contribution in [3.05, 3.63) is 96.0 Å². The molecule has 0 bridgehead atoms. The number of benzene rings is 3. The van der Waals surface area contributed by atoms with E-state index in [1.165, 1.54) is 24.3 Å². The van der Waals surface area contributed by atoms with Crippen LogP contribution in [0.5, 0.6) is 5.75 Å². The van der Waals surface area contributed by atoms with E-state index in [1.807, 2.05) is 6.07 Å². The Bertz CT molecular complexity index is 1200. The highest BCUT2D eigenvalue weighted by Gasteiger charge is 2.25. The van der Waals surface area contributed by atoms with Crippen molar-refractivity contribution in [2.45, 2.75) is 13.0 Å². The van der Waals surface area contributed by atoms with Gasteiger partial charge in [0, 0.05) is 10.9 Å². The number of anilines is 1. The lowest BCUT2D eigenvalue weighted by Crippen LogP contribution is -2.30. The van der Waals surface area contributed by atoms with Crippen LogP contribution in [0.1, 0.15) is 23.0 Å². The summed E-state index contributed by atoms with van der Waals surface area (Å²) >= 11 is 0. The van der Waals surface area contributed by atoms with Gasteiger partial charge >= 0.3 is 0 Å². The maximum atomic E-state index is 13.1. The largest absolute Gasteiger partial charge is 0.481 e. The first-order chi connectivity index (χ1) is 14.5. The van der Waals surface area contributed by atoms with Gasteiger partial charge in [-0.1, -0.05) is 42.5 Å². The van der Waals surface area contributed by atoms with Crippen molar-refractivity contribution < 1.29 is 23.1 Å². The molecule has 1 aromatic heterocycles. The fraction of sp³-hybridized carbons (Fsp3) is 0.0833. The number of amides is 1. The van der Waals surface area contributed by atoms with Crippen LogP contribution in [0.3, 0.4) is 0 Å². The first kappa shape index (κ1) is 19.4. The van der Waals surface area contributed by atoms with Crippen LogP contribution >= 0.6 is 0 Å². The Morgan fingerprint density at radius 1 is 0.933 bits per heavy atom. The van der Waals surface area contributed by atoms with Crippen LogP contribution in [-0.2, 0) is 4.79 Å². The number of hydrogen-bond acceptors (Lipinski definition) is 4. The Morgan fingerprint density at radius 3 is 2.33 bits per heavy atom. The molecule has 0 spiro atoms. The van der Waals surface area contributed by atoms with E-state index in [-0.39, 0.29) is 11.5 Å². The summed E-state index contributed by atoms with van der Waals surface area (Å²) in [5, 5.41) is 3.37. The maximum absolute atomic E-state index is 13.1. The maximum Gasteiger partial charge on any atom is 0.265 e. The number of ether oxygens (including phenoxy) is 1. The molecule has 0 unspecified atom stereocenters. The summed E-state index contributed by atoms with van der Waals surface area (Å²) in [5.41, 5.74) is 1.22. The second kappa shape index (κ2) is 8.21.